The highest BCUT2D eigenvalue weighted by Gasteiger charge is 2.36. The zero-order chi connectivity index (χ0) is 29.3. The molecule has 0 aromatic carbocycles. The molecule has 40 heavy (non-hydrogen) atoms. The summed E-state index contributed by atoms with van der Waals surface area (Å²) in [4.78, 5) is 25.5. The fraction of sp³-hybridized carbons (Fsp3) is 0.889. The Morgan fingerprint density at radius 1 is 0.500 bits per heavy atom. The summed E-state index contributed by atoms with van der Waals surface area (Å²) in [5.41, 5.74) is 0. The van der Waals surface area contributed by atoms with Gasteiger partial charge in [-0.25, -0.2) is 0 Å². The van der Waals surface area contributed by atoms with Gasteiger partial charge in [-0.05, 0) is 37.5 Å². The van der Waals surface area contributed by atoms with Gasteiger partial charge in [-0.2, -0.15) is 0 Å². The maximum absolute atomic E-state index is 12.7. The molecule has 234 valence electrons. The maximum Gasteiger partial charge on any atom is 0.310 e. The van der Waals surface area contributed by atoms with Gasteiger partial charge in [0.25, 0.3) is 0 Å². The van der Waals surface area contributed by atoms with Gasteiger partial charge in [0.05, 0.1) is 25.0 Å². The van der Waals surface area contributed by atoms with Crippen LogP contribution in [0.1, 0.15) is 169 Å². The average molecular weight is 563 g/mol. The molecule has 0 bridgehead atoms. The molecule has 2 unspecified atom stereocenters. The number of unbranched alkanes of at least 4 members (excludes halogenated alkanes) is 16. The number of ether oxygens (including phenoxy) is 2. The first-order valence-corrected chi connectivity index (χ1v) is 17.4. The predicted molar refractivity (Wildman–Crippen MR) is 169 cm³/mol. The summed E-state index contributed by atoms with van der Waals surface area (Å²) < 4.78 is 11.2. The van der Waals surface area contributed by atoms with E-state index in [0.29, 0.717) is 26.1 Å². The third-order valence-corrected chi connectivity index (χ3v) is 8.38. The van der Waals surface area contributed by atoms with Gasteiger partial charge in [0.15, 0.2) is 0 Å². The van der Waals surface area contributed by atoms with E-state index < -0.39 is 11.8 Å². The minimum atomic E-state index is -0.395. The van der Waals surface area contributed by atoms with Crippen LogP contribution in [0.4, 0.5) is 0 Å². The van der Waals surface area contributed by atoms with Crippen LogP contribution in [-0.4, -0.2) is 25.2 Å². The first-order valence-electron chi connectivity index (χ1n) is 17.4. The molecular weight excluding hydrogens is 496 g/mol. The van der Waals surface area contributed by atoms with Crippen molar-refractivity contribution in [2.24, 2.45) is 23.7 Å². The van der Waals surface area contributed by atoms with Crippen molar-refractivity contribution in [3.05, 3.63) is 12.2 Å². The van der Waals surface area contributed by atoms with E-state index in [1.165, 1.54) is 103 Å². The van der Waals surface area contributed by atoms with E-state index >= 15 is 0 Å². The Kier molecular flexibility index (Phi) is 23.3. The highest BCUT2D eigenvalue weighted by atomic mass is 16.5. The molecule has 4 heteroatoms. The van der Waals surface area contributed by atoms with Crippen LogP contribution in [0.2, 0.25) is 0 Å². The van der Waals surface area contributed by atoms with Crippen LogP contribution in [0.3, 0.4) is 0 Å². The van der Waals surface area contributed by atoms with Crippen molar-refractivity contribution >= 4 is 11.9 Å². The van der Waals surface area contributed by atoms with Gasteiger partial charge in [-0.1, -0.05) is 155 Å². The summed E-state index contributed by atoms with van der Waals surface area (Å²) in [5.74, 6) is 0.421. The number of carbonyl (C=O) groups is 2. The molecule has 0 amide bonds. The quantitative estimate of drug-likeness (QED) is 0.0597. The summed E-state index contributed by atoms with van der Waals surface area (Å²) >= 11 is 0. The van der Waals surface area contributed by atoms with E-state index in [9.17, 15) is 9.59 Å². The van der Waals surface area contributed by atoms with Crippen LogP contribution in [-0.2, 0) is 19.1 Å². The SMILES string of the molecule is CC(C)CCCCCCCCCCCOC(=O)C1CC=CCC1C(=O)OCCCCCCCCCCCC(C)C. The highest BCUT2D eigenvalue weighted by molar-refractivity contribution is 5.82. The predicted octanol–water partition coefficient (Wildman–Crippen LogP) is 10.8. The number of hydrogen-bond donors (Lipinski definition) is 0. The van der Waals surface area contributed by atoms with Crippen molar-refractivity contribution in [3.8, 4) is 0 Å². The minimum Gasteiger partial charge on any atom is -0.465 e. The Bertz CT molecular complexity index is 585. The molecule has 2 atom stereocenters. The number of rotatable bonds is 26. The number of allylic oxidation sites excluding steroid dienone is 2. The molecule has 1 aliphatic carbocycles. The van der Waals surface area contributed by atoms with Crippen molar-refractivity contribution in [2.75, 3.05) is 13.2 Å². The average Bonchev–Trinajstić information content (AvgIpc) is 2.93. The van der Waals surface area contributed by atoms with Crippen LogP contribution < -0.4 is 0 Å². The van der Waals surface area contributed by atoms with Crippen molar-refractivity contribution < 1.29 is 19.1 Å². The summed E-state index contributed by atoms with van der Waals surface area (Å²) in [7, 11) is 0. The Morgan fingerprint density at radius 3 is 1.07 bits per heavy atom. The monoisotopic (exact) mass is 562 g/mol. The minimum absolute atomic E-state index is 0.225. The first kappa shape index (κ1) is 36.7. The van der Waals surface area contributed by atoms with E-state index in [0.717, 1.165) is 37.5 Å². The molecule has 1 aliphatic rings. The standard InChI is InChI=1S/C36H66O4/c1-31(2)25-19-15-11-7-5-9-13-17-23-29-39-35(37)33-27-21-22-28-34(33)36(38)40-30-24-18-14-10-6-8-12-16-20-26-32(3)4/h21-22,31-34H,5-20,23-30H2,1-4H3. The molecule has 0 saturated carbocycles. The summed E-state index contributed by atoms with van der Waals surface area (Å²) in [6.07, 6.45) is 30.4. The lowest BCUT2D eigenvalue weighted by molar-refractivity contribution is -0.161. The number of carbonyl (C=O) groups excluding carboxylic acids is 2. The van der Waals surface area contributed by atoms with Crippen molar-refractivity contribution in [2.45, 2.75) is 169 Å². The lowest BCUT2D eigenvalue weighted by Crippen LogP contribution is -2.34. The van der Waals surface area contributed by atoms with Crippen LogP contribution in [0.5, 0.6) is 0 Å². The molecule has 0 aromatic heterocycles. The Morgan fingerprint density at radius 2 is 0.775 bits per heavy atom. The van der Waals surface area contributed by atoms with Gasteiger partial charge >= 0.3 is 11.9 Å². The molecule has 0 N–H and O–H groups in total. The second-order valence-electron chi connectivity index (χ2n) is 13.2. The van der Waals surface area contributed by atoms with Crippen LogP contribution >= 0.6 is 0 Å². The topological polar surface area (TPSA) is 52.6 Å². The Labute approximate surface area is 248 Å². The van der Waals surface area contributed by atoms with Gasteiger partial charge in [0.2, 0.25) is 0 Å². The fourth-order valence-corrected chi connectivity index (χ4v) is 5.68. The second kappa shape index (κ2) is 25.4. The Balaban J connectivity index is 2.05. The summed E-state index contributed by atoms with van der Waals surface area (Å²) in [5, 5.41) is 0. The van der Waals surface area contributed by atoms with E-state index in [4.69, 9.17) is 9.47 Å². The molecule has 0 fully saturated rings. The Hall–Kier alpha value is -1.32. The molecule has 0 heterocycles. The number of esters is 2. The van der Waals surface area contributed by atoms with Crippen LogP contribution in [0.25, 0.3) is 0 Å². The molecular formula is C36H66O4. The van der Waals surface area contributed by atoms with Crippen molar-refractivity contribution in [1.82, 2.24) is 0 Å². The van der Waals surface area contributed by atoms with E-state index in [1.54, 1.807) is 0 Å². The van der Waals surface area contributed by atoms with E-state index in [-0.39, 0.29) is 11.9 Å². The fourth-order valence-electron chi connectivity index (χ4n) is 5.68. The van der Waals surface area contributed by atoms with Crippen molar-refractivity contribution in [1.29, 1.82) is 0 Å². The maximum atomic E-state index is 12.7. The van der Waals surface area contributed by atoms with Crippen LogP contribution in [0, 0.1) is 23.7 Å². The zero-order valence-corrected chi connectivity index (χ0v) is 27.1. The summed E-state index contributed by atoms with van der Waals surface area (Å²) in [6.45, 7) is 10.1. The zero-order valence-electron chi connectivity index (χ0n) is 27.1. The smallest absolute Gasteiger partial charge is 0.310 e. The second-order valence-corrected chi connectivity index (χ2v) is 13.2. The van der Waals surface area contributed by atoms with Gasteiger partial charge in [-0.15, -0.1) is 0 Å². The molecule has 0 aliphatic heterocycles. The normalized spacial score (nSPS) is 17.1. The van der Waals surface area contributed by atoms with Gasteiger partial charge in [0.1, 0.15) is 0 Å². The molecule has 0 spiro atoms. The van der Waals surface area contributed by atoms with Gasteiger partial charge in [-0.3, -0.25) is 9.59 Å². The van der Waals surface area contributed by atoms with E-state index in [2.05, 4.69) is 27.7 Å². The third-order valence-electron chi connectivity index (χ3n) is 8.38. The summed E-state index contributed by atoms with van der Waals surface area (Å²) in [6, 6.07) is 0. The highest BCUT2D eigenvalue weighted by Crippen LogP contribution is 2.28. The molecule has 0 radical (unpaired) electrons. The lowest BCUT2D eigenvalue weighted by Gasteiger charge is -2.25. The van der Waals surface area contributed by atoms with Gasteiger partial charge < -0.3 is 9.47 Å². The first-order chi connectivity index (χ1) is 19.4. The third kappa shape index (κ3) is 20.5. The lowest BCUT2D eigenvalue weighted by atomic mass is 9.83. The largest absolute Gasteiger partial charge is 0.465 e. The molecule has 0 aromatic rings. The van der Waals surface area contributed by atoms with E-state index in [1.807, 2.05) is 12.2 Å². The number of hydrogen-bond acceptors (Lipinski definition) is 4. The molecule has 1 rings (SSSR count). The van der Waals surface area contributed by atoms with Crippen molar-refractivity contribution in [3.63, 3.8) is 0 Å². The van der Waals surface area contributed by atoms with Gasteiger partial charge in [0, 0.05) is 0 Å². The molecule has 0 saturated heterocycles. The van der Waals surface area contributed by atoms with Crippen LogP contribution in [0.15, 0.2) is 12.2 Å². The molecule has 4 nitrogen and oxygen atoms in total.